The molecule has 2 fully saturated rings. The van der Waals surface area contributed by atoms with Crippen LogP contribution in [-0.4, -0.2) is 43.2 Å². The van der Waals surface area contributed by atoms with E-state index in [4.69, 9.17) is 11.6 Å². The van der Waals surface area contributed by atoms with Crippen molar-refractivity contribution in [1.29, 1.82) is 0 Å². The standard InChI is InChI=1S/C18H21ClF3NO3S/c19-14-5-7-15(8-6-14)27(25,26)17(9-1-2-10-17)16(24)23-11-3-4-13(12-23)18(20,21)22/h5-8,13H,1-4,9-12H2. The highest BCUT2D eigenvalue weighted by molar-refractivity contribution is 7.93. The minimum atomic E-state index is -4.39. The van der Waals surface area contributed by atoms with Crippen molar-refractivity contribution in [2.24, 2.45) is 5.92 Å². The summed E-state index contributed by atoms with van der Waals surface area (Å²) in [7, 11) is -4.05. The summed E-state index contributed by atoms with van der Waals surface area (Å²) in [5, 5.41) is 0.366. The van der Waals surface area contributed by atoms with Crippen molar-refractivity contribution in [1.82, 2.24) is 4.90 Å². The van der Waals surface area contributed by atoms with Crippen LogP contribution in [0.25, 0.3) is 0 Å². The summed E-state index contributed by atoms with van der Waals surface area (Å²) in [6, 6.07) is 5.56. The molecule has 1 aromatic carbocycles. The molecule has 1 atom stereocenters. The number of benzene rings is 1. The van der Waals surface area contributed by atoms with Crippen LogP contribution in [0.4, 0.5) is 13.2 Å². The molecule has 0 N–H and O–H groups in total. The Morgan fingerprint density at radius 1 is 1.11 bits per heavy atom. The van der Waals surface area contributed by atoms with Crippen molar-refractivity contribution < 1.29 is 26.4 Å². The molecule has 1 aliphatic carbocycles. The highest BCUT2D eigenvalue weighted by Gasteiger charge is 2.55. The van der Waals surface area contributed by atoms with Gasteiger partial charge in [0.25, 0.3) is 0 Å². The SMILES string of the molecule is O=C(N1CCCC(C(F)(F)F)C1)C1(S(=O)(=O)c2ccc(Cl)cc2)CCCC1. The lowest BCUT2D eigenvalue weighted by Crippen LogP contribution is -2.55. The number of hydrogen-bond acceptors (Lipinski definition) is 3. The fourth-order valence-corrected chi connectivity index (χ4v) is 6.36. The zero-order valence-corrected chi connectivity index (χ0v) is 16.2. The molecule has 150 valence electrons. The second-order valence-electron chi connectivity index (χ2n) is 7.29. The number of hydrogen-bond donors (Lipinski definition) is 0. The molecular formula is C18H21ClF3NO3S. The Bertz CT molecular complexity index is 802. The van der Waals surface area contributed by atoms with E-state index < -0.39 is 39.1 Å². The van der Waals surface area contributed by atoms with Gasteiger partial charge in [-0.25, -0.2) is 8.42 Å². The summed E-state index contributed by atoms with van der Waals surface area (Å²) in [5.41, 5.74) is 0. The molecule has 1 aliphatic heterocycles. The maximum Gasteiger partial charge on any atom is 0.393 e. The number of alkyl halides is 3. The van der Waals surface area contributed by atoms with Crippen LogP contribution in [0, 0.1) is 5.92 Å². The Hall–Kier alpha value is -1.28. The molecule has 9 heteroatoms. The van der Waals surface area contributed by atoms with Gasteiger partial charge in [0.15, 0.2) is 14.6 Å². The molecule has 0 spiro atoms. The minimum Gasteiger partial charge on any atom is -0.341 e. The maximum absolute atomic E-state index is 13.3. The summed E-state index contributed by atoms with van der Waals surface area (Å²) in [6.07, 6.45) is -2.85. The molecule has 0 radical (unpaired) electrons. The second kappa shape index (κ2) is 7.28. The number of piperidine rings is 1. The average molecular weight is 424 g/mol. The van der Waals surface area contributed by atoms with Gasteiger partial charge in [-0.3, -0.25) is 4.79 Å². The molecule has 0 bridgehead atoms. The Morgan fingerprint density at radius 2 is 1.70 bits per heavy atom. The largest absolute Gasteiger partial charge is 0.393 e. The zero-order valence-electron chi connectivity index (χ0n) is 14.6. The van der Waals surface area contributed by atoms with Gasteiger partial charge in [-0.1, -0.05) is 24.4 Å². The fraction of sp³-hybridized carbons (Fsp3) is 0.611. The molecule has 1 aromatic rings. The normalized spacial score (nSPS) is 23.4. The van der Waals surface area contributed by atoms with Crippen LogP contribution in [0.2, 0.25) is 5.02 Å². The molecule has 27 heavy (non-hydrogen) atoms. The predicted octanol–water partition coefficient (Wildman–Crippen LogP) is 4.23. The van der Waals surface area contributed by atoms with Gasteiger partial charge < -0.3 is 4.90 Å². The van der Waals surface area contributed by atoms with E-state index in [0.717, 1.165) is 4.90 Å². The Labute approximate surface area is 161 Å². The quantitative estimate of drug-likeness (QED) is 0.731. The monoisotopic (exact) mass is 423 g/mol. The van der Waals surface area contributed by atoms with Gasteiger partial charge in [0.05, 0.1) is 10.8 Å². The molecule has 3 rings (SSSR count). The van der Waals surface area contributed by atoms with Crippen LogP contribution < -0.4 is 0 Å². The molecule has 1 amide bonds. The Balaban J connectivity index is 1.94. The van der Waals surface area contributed by atoms with Crippen molar-refractivity contribution >= 4 is 27.3 Å². The molecular weight excluding hydrogens is 403 g/mol. The van der Waals surface area contributed by atoms with Crippen LogP contribution in [-0.2, 0) is 14.6 Å². The third-order valence-corrected chi connectivity index (χ3v) is 8.37. The van der Waals surface area contributed by atoms with E-state index in [1.807, 2.05) is 0 Å². The van der Waals surface area contributed by atoms with Gasteiger partial charge >= 0.3 is 6.18 Å². The highest BCUT2D eigenvalue weighted by Crippen LogP contribution is 2.43. The summed E-state index contributed by atoms with van der Waals surface area (Å²) < 4.78 is 64.3. The van der Waals surface area contributed by atoms with E-state index in [1.54, 1.807) is 0 Å². The number of sulfone groups is 1. The van der Waals surface area contributed by atoms with Gasteiger partial charge in [0.2, 0.25) is 5.91 Å². The van der Waals surface area contributed by atoms with Crippen LogP contribution in [0.3, 0.4) is 0 Å². The first-order valence-corrected chi connectivity index (χ1v) is 10.8. The number of rotatable bonds is 3. The number of halogens is 4. The van der Waals surface area contributed by atoms with Crippen LogP contribution in [0.5, 0.6) is 0 Å². The number of nitrogens with zero attached hydrogens (tertiary/aromatic N) is 1. The first-order valence-electron chi connectivity index (χ1n) is 8.94. The second-order valence-corrected chi connectivity index (χ2v) is 9.99. The predicted molar refractivity (Wildman–Crippen MR) is 95.2 cm³/mol. The molecule has 4 nitrogen and oxygen atoms in total. The van der Waals surface area contributed by atoms with Crippen molar-refractivity contribution in [2.45, 2.75) is 54.3 Å². The number of amides is 1. The average Bonchev–Trinajstić information content (AvgIpc) is 3.12. The lowest BCUT2D eigenvalue weighted by Gasteiger charge is -2.39. The van der Waals surface area contributed by atoms with E-state index >= 15 is 0 Å². The maximum atomic E-state index is 13.3. The Morgan fingerprint density at radius 3 is 2.26 bits per heavy atom. The summed E-state index contributed by atoms with van der Waals surface area (Å²) in [5.74, 6) is -2.30. The number of carbonyl (C=O) groups is 1. The van der Waals surface area contributed by atoms with Gasteiger partial charge in [-0.05, 0) is 49.9 Å². The van der Waals surface area contributed by atoms with E-state index in [2.05, 4.69) is 0 Å². The molecule has 1 unspecified atom stereocenters. The van der Waals surface area contributed by atoms with Crippen molar-refractivity contribution in [3.8, 4) is 0 Å². The van der Waals surface area contributed by atoms with Gasteiger partial charge in [0, 0.05) is 18.1 Å². The highest BCUT2D eigenvalue weighted by atomic mass is 35.5. The third kappa shape index (κ3) is 3.70. The lowest BCUT2D eigenvalue weighted by atomic mass is 9.95. The fourth-order valence-electron chi connectivity index (χ4n) is 4.10. The van der Waals surface area contributed by atoms with E-state index in [9.17, 15) is 26.4 Å². The van der Waals surface area contributed by atoms with Crippen molar-refractivity contribution in [3.05, 3.63) is 29.3 Å². The van der Waals surface area contributed by atoms with E-state index in [-0.39, 0.29) is 37.1 Å². The van der Waals surface area contributed by atoms with Crippen LogP contribution >= 0.6 is 11.6 Å². The smallest absolute Gasteiger partial charge is 0.341 e. The van der Waals surface area contributed by atoms with E-state index in [0.29, 0.717) is 17.9 Å². The van der Waals surface area contributed by atoms with E-state index in [1.165, 1.54) is 24.3 Å². The summed E-state index contributed by atoms with van der Waals surface area (Å²) in [4.78, 5) is 14.3. The molecule has 1 saturated heterocycles. The first kappa shape index (κ1) is 20.5. The number of carbonyl (C=O) groups excluding carboxylic acids is 1. The third-order valence-electron chi connectivity index (χ3n) is 5.61. The van der Waals surface area contributed by atoms with Crippen LogP contribution in [0.1, 0.15) is 38.5 Å². The zero-order chi connectivity index (χ0) is 19.9. The van der Waals surface area contributed by atoms with Crippen LogP contribution in [0.15, 0.2) is 29.2 Å². The van der Waals surface area contributed by atoms with Gasteiger partial charge in [-0.15, -0.1) is 0 Å². The molecule has 1 saturated carbocycles. The summed E-state index contributed by atoms with van der Waals surface area (Å²) >= 11 is 5.82. The molecule has 0 aromatic heterocycles. The van der Waals surface area contributed by atoms with Gasteiger partial charge in [-0.2, -0.15) is 13.2 Å². The molecule has 1 heterocycles. The lowest BCUT2D eigenvalue weighted by molar-refractivity contribution is -0.188. The number of likely N-dealkylation sites (tertiary alicyclic amines) is 1. The summed E-state index contributed by atoms with van der Waals surface area (Å²) in [6.45, 7) is -0.316. The van der Waals surface area contributed by atoms with Crippen molar-refractivity contribution in [3.63, 3.8) is 0 Å². The molecule has 2 aliphatic rings. The first-order chi connectivity index (χ1) is 12.6. The minimum absolute atomic E-state index is 0.0217. The topological polar surface area (TPSA) is 54.5 Å². The van der Waals surface area contributed by atoms with Gasteiger partial charge in [0.1, 0.15) is 0 Å². The Kier molecular flexibility index (Phi) is 5.51. The van der Waals surface area contributed by atoms with Crippen molar-refractivity contribution in [2.75, 3.05) is 13.1 Å².